The van der Waals surface area contributed by atoms with E-state index in [9.17, 15) is 0 Å². The third kappa shape index (κ3) is 4.36. The highest BCUT2D eigenvalue weighted by Crippen LogP contribution is 2.21. The maximum Gasteiger partial charge on any atom is 0.127 e. The zero-order valence-corrected chi connectivity index (χ0v) is 15.2. The Hall–Kier alpha value is -2.32. The lowest BCUT2D eigenvalue weighted by Gasteiger charge is -2.04. The van der Waals surface area contributed by atoms with Crippen LogP contribution in [-0.2, 0) is 0 Å². The second-order valence-corrected chi connectivity index (χ2v) is 6.47. The van der Waals surface area contributed by atoms with Crippen molar-refractivity contribution < 1.29 is 4.74 Å². The van der Waals surface area contributed by atoms with E-state index in [1.54, 1.807) is 0 Å². The summed E-state index contributed by atoms with van der Waals surface area (Å²) >= 11 is 3.45. The van der Waals surface area contributed by atoms with Gasteiger partial charge in [0.1, 0.15) is 5.75 Å². The van der Waals surface area contributed by atoms with Crippen molar-refractivity contribution in [2.24, 2.45) is 0 Å². The van der Waals surface area contributed by atoms with Gasteiger partial charge in [-0.15, -0.1) is 0 Å². The molecule has 0 aliphatic heterocycles. The Labute approximate surface area is 151 Å². The summed E-state index contributed by atoms with van der Waals surface area (Å²) < 4.78 is 6.94. The van der Waals surface area contributed by atoms with Crippen molar-refractivity contribution in [2.45, 2.75) is 13.3 Å². The smallest absolute Gasteiger partial charge is 0.127 e. The van der Waals surface area contributed by atoms with E-state index in [1.165, 1.54) is 16.3 Å². The van der Waals surface area contributed by atoms with E-state index in [4.69, 9.17) is 4.74 Å². The van der Waals surface area contributed by atoms with E-state index in [0.717, 1.165) is 22.2 Å². The van der Waals surface area contributed by atoms with Crippen LogP contribution in [0.1, 0.15) is 18.9 Å². The third-order valence-electron chi connectivity index (χ3n) is 3.84. The third-order valence-corrected chi connectivity index (χ3v) is 4.36. The molecule has 0 heterocycles. The Morgan fingerprint density at radius 3 is 2.46 bits per heavy atom. The van der Waals surface area contributed by atoms with Gasteiger partial charge in [0.05, 0.1) is 6.26 Å². The number of rotatable bonds is 5. The average molecular weight is 379 g/mol. The van der Waals surface area contributed by atoms with Crippen LogP contribution >= 0.6 is 15.9 Å². The summed E-state index contributed by atoms with van der Waals surface area (Å²) in [7, 11) is 0. The molecule has 0 N–H and O–H groups in total. The van der Waals surface area contributed by atoms with Crippen LogP contribution in [0.4, 0.5) is 0 Å². The monoisotopic (exact) mass is 378 g/mol. The predicted octanol–water partition coefficient (Wildman–Crippen LogP) is 6.99. The van der Waals surface area contributed by atoms with E-state index in [2.05, 4.69) is 71.4 Å². The number of hydrogen-bond acceptors (Lipinski definition) is 1. The quantitative estimate of drug-likeness (QED) is 0.343. The Morgan fingerprint density at radius 1 is 0.958 bits per heavy atom. The number of allylic oxidation sites excluding steroid dienone is 2. The summed E-state index contributed by atoms with van der Waals surface area (Å²) in [4.78, 5) is 0. The highest BCUT2D eigenvalue weighted by Gasteiger charge is 1.97. The minimum atomic E-state index is 0.858. The van der Waals surface area contributed by atoms with Crippen molar-refractivity contribution in [3.63, 3.8) is 0 Å². The molecular formula is C22H19BrO. The van der Waals surface area contributed by atoms with E-state index in [0.29, 0.717) is 0 Å². The minimum Gasteiger partial charge on any atom is -0.465 e. The molecule has 1 nitrogen and oxygen atoms in total. The number of benzene rings is 3. The number of hydrogen-bond donors (Lipinski definition) is 0. The second-order valence-electron chi connectivity index (χ2n) is 5.56. The lowest BCUT2D eigenvalue weighted by Crippen LogP contribution is -1.86. The van der Waals surface area contributed by atoms with Gasteiger partial charge in [-0.3, -0.25) is 0 Å². The van der Waals surface area contributed by atoms with Crippen molar-refractivity contribution >= 4 is 32.8 Å². The van der Waals surface area contributed by atoms with Gasteiger partial charge in [-0.25, -0.2) is 0 Å². The van der Waals surface area contributed by atoms with Gasteiger partial charge < -0.3 is 4.74 Å². The largest absolute Gasteiger partial charge is 0.465 e. The van der Waals surface area contributed by atoms with Gasteiger partial charge in [-0.1, -0.05) is 77.5 Å². The van der Waals surface area contributed by atoms with Crippen molar-refractivity contribution in [2.75, 3.05) is 0 Å². The van der Waals surface area contributed by atoms with E-state index in [1.807, 2.05) is 36.6 Å². The molecule has 3 aromatic carbocycles. The molecule has 0 amide bonds. The van der Waals surface area contributed by atoms with Gasteiger partial charge in [0.15, 0.2) is 0 Å². The molecule has 24 heavy (non-hydrogen) atoms. The lowest BCUT2D eigenvalue weighted by molar-refractivity contribution is 0.476. The summed E-state index contributed by atoms with van der Waals surface area (Å²) in [6, 6.07) is 22.7. The van der Waals surface area contributed by atoms with Crippen LogP contribution in [-0.4, -0.2) is 0 Å². The molecule has 0 saturated heterocycles. The van der Waals surface area contributed by atoms with Gasteiger partial charge in [0.2, 0.25) is 0 Å². The van der Waals surface area contributed by atoms with Crippen molar-refractivity contribution in [3.8, 4) is 5.75 Å². The van der Waals surface area contributed by atoms with Crippen LogP contribution in [0.15, 0.2) is 89.1 Å². The zero-order valence-electron chi connectivity index (χ0n) is 13.6. The molecule has 3 aromatic rings. The molecule has 2 heteroatoms. The molecule has 0 aliphatic rings. The van der Waals surface area contributed by atoms with Crippen LogP contribution in [0.3, 0.4) is 0 Å². The van der Waals surface area contributed by atoms with Crippen LogP contribution in [0.2, 0.25) is 0 Å². The number of ether oxygens (including phenoxy) is 1. The molecule has 0 saturated carbocycles. The predicted molar refractivity (Wildman–Crippen MR) is 106 cm³/mol. The SMILES string of the molecule is CCC(C=Cc1ccc(Br)cc1)=COc1ccc2ccccc2c1. The van der Waals surface area contributed by atoms with Gasteiger partial charge in [0.25, 0.3) is 0 Å². The average Bonchev–Trinajstić information content (AvgIpc) is 2.63. The standard InChI is InChI=1S/C22H19BrO/c1-2-17(7-8-18-9-12-21(23)13-10-18)16-24-22-14-11-19-5-3-4-6-20(19)15-22/h3-16H,2H2,1H3. The molecule has 0 aliphatic carbocycles. The van der Waals surface area contributed by atoms with Crippen molar-refractivity contribution in [3.05, 3.63) is 94.7 Å². The maximum absolute atomic E-state index is 5.85. The van der Waals surface area contributed by atoms with Gasteiger partial charge in [-0.2, -0.15) is 0 Å². The minimum absolute atomic E-state index is 0.858. The van der Waals surface area contributed by atoms with Crippen LogP contribution < -0.4 is 4.74 Å². The van der Waals surface area contributed by atoms with E-state index >= 15 is 0 Å². The maximum atomic E-state index is 5.85. The van der Waals surface area contributed by atoms with Crippen molar-refractivity contribution in [1.82, 2.24) is 0 Å². The Morgan fingerprint density at radius 2 is 1.71 bits per heavy atom. The molecule has 0 bridgehead atoms. The summed E-state index contributed by atoms with van der Waals surface area (Å²) in [5, 5.41) is 2.41. The summed E-state index contributed by atoms with van der Waals surface area (Å²) in [5.74, 6) is 0.858. The van der Waals surface area contributed by atoms with E-state index < -0.39 is 0 Å². The normalized spacial score (nSPS) is 12.0. The fraction of sp³-hybridized carbons (Fsp3) is 0.0909. The van der Waals surface area contributed by atoms with Crippen LogP contribution in [0, 0.1) is 0 Å². The number of halogens is 1. The molecule has 0 aromatic heterocycles. The first-order valence-corrected chi connectivity index (χ1v) is 8.82. The van der Waals surface area contributed by atoms with Crippen LogP contribution in [0.25, 0.3) is 16.8 Å². The fourth-order valence-electron chi connectivity index (χ4n) is 2.40. The molecule has 0 radical (unpaired) electrons. The number of fused-ring (bicyclic) bond motifs is 1. The lowest BCUT2D eigenvalue weighted by atomic mass is 10.1. The Balaban J connectivity index is 1.73. The first-order valence-electron chi connectivity index (χ1n) is 8.03. The first-order chi connectivity index (χ1) is 11.7. The molecule has 0 atom stereocenters. The summed E-state index contributed by atoms with van der Waals surface area (Å²) in [6.07, 6.45) is 6.95. The van der Waals surface area contributed by atoms with Crippen molar-refractivity contribution in [1.29, 1.82) is 0 Å². The molecular weight excluding hydrogens is 360 g/mol. The van der Waals surface area contributed by atoms with Crippen LogP contribution in [0.5, 0.6) is 5.75 Å². The molecule has 0 unspecified atom stereocenters. The highest BCUT2D eigenvalue weighted by molar-refractivity contribution is 9.10. The first kappa shape index (κ1) is 16.5. The molecule has 0 spiro atoms. The fourth-order valence-corrected chi connectivity index (χ4v) is 2.67. The van der Waals surface area contributed by atoms with Gasteiger partial charge >= 0.3 is 0 Å². The van der Waals surface area contributed by atoms with Gasteiger partial charge in [-0.05, 0) is 52.6 Å². The molecule has 0 fully saturated rings. The Kier molecular flexibility index (Phi) is 5.50. The molecule has 3 rings (SSSR count). The van der Waals surface area contributed by atoms with Gasteiger partial charge in [0, 0.05) is 4.47 Å². The topological polar surface area (TPSA) is 9.23 Å². The Bertz CT molecular complexity index is 876. The van der Waals surface area contributed by atoms with E-state index in [-0.39, 0.29) is 0 Å². The zero-order chi connectivity index (χ0) is 16.8. The summed E-state index contributed by atoms with van der Waals surface area (Å²) in [5.41, 5.74) is 2.31. The molecule has 120 valence electrons. The highest BCUT2D eigenvalue weighted by atomic mass is 79.9. The second kappa shape index (κ2) is 7.98. The summed E-state index contributed by atoms with van der Waals surface area (Å²) in [6.45, 7) is 2.13.